The van der Waals surface area contributed by atoms with Gasteiger partial charge in [0.2, 0.25) is 5.91 Å². The number of hydrogen-bond acceptors (Lipinski definition) is 5. The van der Waals surface area contributed by atoms with Crippen LogP contribution in [-0.2, 0) is 16.4 Å². The van der Waals surface area contributed by atoms with E-state index in [1.165, 1.54) is 12.3 Å². The van der Waals surface area contributed by atoms with Crippen LogP contribution >= 0.6 is 0 Å². The predicted octanol–water partition coefficient (Wildman–Crippen LogP) is 2.09. The highest BCUT2D eigenvalue weighted by Crippen LogP contribution is 2.17. The predicted molar refractivity (Wildman–Crippen MR) is 101 cm³/mol. The quantitative estimate of drug-likeness (QED) is 0.677. The summed E-state index contributed by atoms with van der Waals surface area (Å²) in [5.74, 6) is 0.115. The summed E-state index contributed by atoms with van der Waals surface area (Å²) in [5, 5.41) is 0. The highest BCUT2D eigenvalue weighted by molar-refractivity contribution is 7.90. The second kappa shape index (κ2) is 8.82. The van der Waals surface area contributed by atoms with Crippen LogP contribution in [0.1, 0.15) is 22.3 Å². The summed E-state index contributed by atoms with van der Waals surface area (Å²) < 4.78 is 28.7. The van der Waals surface area contributed by atoms with E-state index in [2.05, 4.69) is 4.90 Å². The van der Waals surface area contributed by atoms with E-state index in [0.29, 0.717) is 24.5 Å². The lowest BCUT2D eigenvalue weighted by Gasteiger charge is -2.17. The maximum absolute atomic E-state index is 11.6. The number of nitrogens with zero attached hydrogens (tertiary/aromatic N) is 1. The largest absolute Gasteiger partial charge is 0.494 e. The number of carbonyl (C=O) groups is 1. The van der Waals surface area contributed by atoms with E-state index in [1.807, 2.05) is 19.2 Å². The van der Waals surface area contributed by atoms with Gasteiger partial charge < -0.3 is 15.4 Å². The number of amides is 1. The van der Waals surface area contributed by atoms with E-state index in [1.54, 1.807) is 30.3 Å². The summed E-state index contributed by atoms with van der Waals surface area (Å²) in [5.41, 5.74) is 6.82. The molecule has 0 unspecified atom stereocenters. The molecule has 0 aliphatic carbocycles. The second-order valence-electron chi connectivity index (χ2n) is 6.25. The number of nitrogens with two attached hydrogens (primary N) is 1. The minimum absolute atomic E-state index is 0.251. The van der Waals surface area contributed by atoms with E-state index < -0.39 is 15.7 Å². The SMILES string of the molecule is CN(CCCOc1cccc(S(C)(=O)=O)c1)Cc1cccc(C(N)=O)c1. The van der Waals surface area contributed by atoms with Gasteiger partial charge in [-0.1, -0.05) is 18.2 Å². The van der Waals surface area contributed by atoms with Crippen LogP contribution in [0.25, 0.3) is 0 Å². The molecule has 26 heavy (non-hydrogen) atoms. The van der Waals surface area contributed by atoms with E-state index in [4.69, 9.17) is 10.5 Å². The molecule has 2 aromatic rings. The topological polar surface area (TPSA) is 89.7 Å². The summed E-state index contributed by atoms with van der Waals surface area (Å²) in [6, 6.07) is 13.8. The number of benzene rings is 2. The molecule has 7 heteroatoms. The van der Waals surface area contributed by atoms with Crippen LogP contribution in [0.15, 0.2) is 53.4 Å². The molecule has 0 aromatic heterocycles. The first-order valence-corrected chi connectivity index (χ1v) is 10.1. The van der Waals surface area contributed by atoms with E-state index in [0.717, 1.165) is 18.5 Å². The maximum Gasteiger partial charge on any atom is 0.248 e. The summed E-state index contributed by atoms with van der Waals surface area (Å²) in [4.78, 5) is 13.6. The number of carbonyl (C=O) groups excluding carboxylic acids is 1. The van der Waals surface area contributed by atoms with E-state index >= 15 is 0 Å². The van der Waals surface area contributed by atoms with Crippen molar-refractivity contribution < 1.29 is 17.9 Å². The van der Waals surface area contributed by atoms with Gasteiger partial charge in [-0.2, -0.15) is 0 Å². The number of rotatable bonds is 9. The molecule has 2 aromatic carbocycles. The third kappa shape index (κ3) is 6.16. The Morgan fingerprint density at radius 3 is 2.58 bits per heavy atom. The molecule has 6 nitrogen and oxygen atoms in total. The fourth-order valence-corrected chi connectivity index (χ4v) is 3.19. The smallest absolute Gasteiger partial charge is 0.248 e. The van der Waals surface area contributed by atoms with Gasteiger partial charge in [0.1, 0.15) is 5.75 Å². The lowest BCUT2D eigenvalue weighted by atomic mass is 10.1. The van der Waals surface area contributed by atoms with Gasteiger partial charge in [0, 0.05) is 24.9 Å². The van der Waals surface area contributed by atoms with Crippen molar-refractivity contribution in [3.8, 4) is 5.75 Å². The normalized spacial score (nSPS) is 11.5. The molecule has 2 N–H and O–H groups in total. The third-order valence-corrected chi connectivity index (χ3v) is 4.96. The first kappa shape index (κ1) is 19.9. The Hall–Kier alpha value is -2.38. The molecule has 0 bridgehead atoms. The minimum Gasteiger partial charge on any atom is -0.494 e. The molecule has 0 fully saturated rings. The fraction of sp³-hybridized carbons (Fsp3) is 0.316. The second-order valence-corrected chi connectivity index (χ2v) is 8.27. The molecule has 2 rings (SSSR count). The first-order valence-electron chi connectivity index (χ1n) is 8.26. The molecule has 0 atom stereocenters. The van der Waals surface area contributed by atoms with Gasteiger partial charge >= 0.3 is 0 Å². The molecular weight excluding hydrogens is 352 g/mol. The summed E-state index contributed by atoms with van der Waals surface area (Å²) >= 11 is 0. The Kier molecular flexibility index (Phi) is 6.76. The minimum atomic E-state index is -3.23. The van der Waals surface area contributed by atoms with Crippen molar-refractivity contribution >= 4 is 15.7 Å². The molecule has 0 spiro atoms. The monoisotopic (exact) mass is 376 g/mol. The molecule has 0 saturated heterocycles. The summed E-state index contributed by atoms with van der Waals surface area (Å²) in [7, 11) is -1.25. The van der Waals surface area contributed by atoms with Crippen molar-refractivity contribution in [1.82, 2.24) is 4.90 Å². The molecule has 0 aliphatic rings. The number of ether oxygens (including phenoxy) is 1. The van der Waals surface area contributed by atoms with Gasteiger partial charge in [-0.05, 0) is 49.4 Å². The molecule has 140 valence electrons. The maximum atomic E-state index is 11.6. The molecule has 0 heterocycles. The summed E-state index contributed by atoms with van der Waals surface area (Å²) in [6.07, 6.45) is 1.96. The Morgan fingerprint density at radius 2 is 1.88 bits per heavy atom. The zero-order valence-electron chi connectivity index (χ0n) is 15.0. The Labute approximate surface area is 154 Å². The molecule has 0 saturated carbocycles. The van der Waals surface area contributed by atoms with Gasteiger partial charge in [0.25, 0.3) is 0 Å². The third-order valence-electron chi connectivity index (χ3n) is 3.85. The van der Waals surface area contributed by atoms with Gasteiger partial charge in [0.05, 0.1) is 11.5 Å². The van der Waals surface area contributed by atoms with Crippen LogP contribution in [0.2, 0.25) is 0 Å². The lowest BCUT2D eigenvalue weighted by molar-refractivity contribution is 0.1000. The molecule has 1 amide bonds. The van der Waals surface area contributed by atoms with Crippen molar-refractivity contribution in [3.05, 3.63) is 59.7 Å². The van der Waals surface area contributed by atoms with Gasteiger partial charge in [-0.3, -0.25) is 4.79 Å². The number of sulfone groups is 1. The zero-order valence-corrected chi connectivity index (χ0v) is 15.8. The van der Waals surface area contributed by atoms with E-state index in [-0.39, 0.29) is 4.90 Å². The van der Waals surface area contributed by atoms with Crippen LogP contribution in [0.5, 0.6) is 5.75 Å². The van der Waals surface area contributed by atoms with Gasteiger partial charge in [0.15, 0.2) is 9.84 Å². The fourth-order valence-electron chi connectivity index (χ4n) is 2.53. The Balaban J connectivity index is 1.79. The van der Waals surface area contributed by atoms with E-state index in [9.17, 15) is 13.2 Å². The zero-order chi connectivity index (χ0) is 19.2. The number of primary amides is 1. The van der Waals surface area contributed by atoms with Crippen molar-refractivity contribution in [2.45, 2.75) is 17.9 Å². The average Bonchev–Trinajstić information content (AvgIpc) is 2.58. The van der Waals surface area contributed by atoms with Crippen molar-refractivity contribution in [1.29, 1.82) is 0 Å². The van der Waals surface area contributed by atoms with Crippen molar-refractivity contribution in [3.63, 3.8) is 0 Å². The molecular formula is C19H24N2O4S. The first-order chi connectivity index (χ1) is 12.3. The van der Waals surface area contributed by atoms with Crippen LogP contribution in [0.4, 0.5) is 0 Å². The highest BCUT2D eigenvalue weighted by Gasteiger charge is 2.08. The standard InChI is InChI=1S/C19H24N2O4S/c1-21(14-15-6-3-7-16(12-15)19(20)22)10-5-11-25-17-8-4-9-18(13-17)26(2,23)24/h3-4,6-9,12-13H,5,10-11,14H2,1-2H3,(H2,20,22). The highest BCUT2D eigenvalue weighted by atomic mass is 32.2. The Morgan fingerprint density at radius 1 is 1.15 bits per heavy atom. The Bertz CT molecular complexity index is 865. The van der Waals surface area contributed by atoms with Crippen LogP contribution in [0.3, 0.4) is 0 Å². The number of hydrogen-bond donors (Lipinski definition) is 1. The van der Waals surface area contributed by atoms with Gasteiger partial charge in [-0.15, -0.1) is 0 Å². The van der Waals surface area contributed by atoms with Crippen LogP contribution in [-0.4, -0.2) is 45.7 Å². The van der Waals surface area contributed by atoms with Gasteiger partial charge in [-0.25, -0.2) is 8.42 Å². The average molecular weight is 376 g/mol. The molecule has 0 radical (unpaired) electrons. The molecule has 0 aliphatic heterocycles. The lowest BCUT2D eigenvalue weighted by Crippen LogP contribution is -2.21. The van der Waals surface area contributed by atoms with Crippen molar-refractivity contribution in [2.24, 2.45) is 5.73 Å². The van der Waals surface area contributed by atoms with Crippen LogP contribution in [0, 0.1) is 0 Å². The van der Waals surface area contributed by atoms with Crippen molar-refractivity contribution in [2.75, 3.05) is 26.5 Å². The summed E-state index contributed by atoms with van der Waals surface area (Å²) in [6.45, 7) is 1.98. The van der Waals surface area contributed by atoms with Crippen LogP contribution < -0.4 is 10.5 Å².